The van der Waals surface area contributed by atoms with E-state index in [9.17, 15) is 14.4 Å². The first kappa shape index (κ1) is 37.4. The fourth-order valence-electron chi connectivity index (χ4n) is 5.13. The number of benzene rings is 3. The molecule has 0 bridgehead atoms. The molecule has 1 aromatic heterocycles. The molecule has 0 spiro atoms. The summed E-state index contributed by atoms with van der Waals surface area (Å²) in [5.74, 6) is -0.171. The molecule has 2 heterocycles. The van der Waals surface area contributed by atoms with Gasteiger partial charge in [-0.15, -0.1) is 0 Å². The molecule has 15 heteroatoms. The molecule has 1 atom stereocenters. The summed E-state index contributed by atoms with van der Waals surface area (Å²) in [5, 5.41) is 1.29. The van der Waals surface area contributed by atoms with Gasteiger partial charge in [0.2, 0.25) is 0 Å². The van der Waals surface area contributed by atoms with E-state index in [1.54, 1.807) is 75.4 Å². The number of nitrogens with zero attached hydrogens (tertiary/aromatic N) is 2. The Balaban J connectivity index is 1.56. The van der Waals surface area contributed by atoms with E-state index >= 15 is 0 Å². The van der Waals surface area contributed by atoms with Crippen LogP contribution in [-0.4, -0.2) is 43.4 Å². The number of allylic oxidation sites excluding steroid dienone is 1. The quantitative estimate of drug-likeness (QED) is 0.140. The minimum atomic E-state index is -0.910. The molecule has 0 saturated carbocycles. The number of fused-ring (bicyclic) bond motifs is 1. The molecule has 5 rings (SSSR count). The molecule has 1 aliphatic rings. The predicted octanol–water partition coefficient (Wildman–Crippen LogP) is 7.05. The molecule has 4 aromatic rings. The van der Waals surface area contributed by atoms with Crippen molar-refractivity contribution in [2.45, 2.75) is 33.4 Å². The first-order valence-electron chi connectivity index (χ1n) is 15.2. The van der Waals surface area contributed by atoms with Crippen LogP contribution in [0.25, 0.3) is 6.08 Å². The van der Waals surface area contributed by atoms with Gasteiger partial charge in [0, 0.05) is 15.6 Å². The molecular weight excluding hydrogens is 795 g/mol. The van der Waals surface area contributed by atoms with Crippen molar-refractivity contribution in [3.05, 3.63) is 116 Å². The SMILES string of the molecule is CCOC(=O)C1=C(C)N=c2s/c(=C\c3cc(Cl)c(OCc4ccc(Cl)cc4Cl)c(Br)c3)c(=O)n2[C@H]1c1ccc(OCC(=O)OC)c(OCC)c1. The summed E-state index contributed by atoms with van der Waals surface area (Å²) < 4.78 is 29.9. The summed E-state index contributed by atoms with van der Waals surface area (Å²) >= 11 is 23.7. The zero-order chi connectivity index (χ0) is 36.1. The number of halogens is 4. The molecule has 0 amide bonds. The Morgan fingerprint density at radius 1 is 0.980 bits per heavy atom. The van der Waals surface area contributed by atoms with E-state index in [2.05, 4.69) is 25.7 Å². The summed E-state index contributed by atoms with van der Waals surface area (Å²) in [4.78, 5) is 44.3. The van der Waals surface area contributed by atoms with Crippen molar-refractivity contribution in [1.82, 2.24) is 4.57 Å². The van der Waals surface area contributed by atoms with Gasteiger partial charge in [-0.3, -0.25) is 9.36 Å². The fourth-order valence-corrected chi connectivity index (χ4v) is 7.62. The zero-order valence-corrected chi connectivity index (χ0v) is 31.9. The second-order valence-corrected chi connectivity index (χ2v) is 13.8. The maximum absolute atomic E-state index is 14.2. The Morgan fingerprint density at radius 3 is 2.44 bits per heavy atom. The van der Waals surface area contributed by atoms with Crippen molar-refractivity contribution in [2.24, 2.45) is 4.99 Å². The Labute approximate surface area is 314 Å². The van der Waals surface area contributed by atoms with Crippen LogP contribution in [0.3, 0.4) is 0 Å². The lowest BCUT2D eigenvalue weighted by molar-refractivity contribution is -0.143. The van der Waals surface area contributed by atoms with E-state index in [-0.39, 0.29) is 43.3 Å². The average molecular weight is 825 g/mol. The smallest absolute Gasteiger partial charge is 0.343 e. The van der Waals surface area contributed by atoms with Crippen LogP contribution in [0.5, 0.6) is 17.2 Å². The molecule has 10 nitrogen and oxygen atoms in total. The predicted molar refractivity (Wildman–Crippen MR) is 195 cm³/mol. The number of ether oxygens (including phenoxy) is 5. The van der Waals surface area contributed by atoms with E-state index in [1.807, 2.05) is 0 Å². The van der Waals surface area contributed by atoms with Crippen LogP contribution in [0.15, 0.2) is 74.1 Å². The van der Waals surface area contributed by atoms with Crippen LogP contribution >= 0.6 is 62.1 Å². The number of esters is 2. The zero-order valence-electron chi connectivity index (χ0n) is 27.2. The van der Waals surface area contributed by atoms with Crippen molar-refractivity contribution in [3.63, 3.8) is 0 Å². The highest BCUT2D eigenvalue weighted by atomic mass is 79.9. The summed E-state index contributed by atoms with van der Waals surface area (Å²) in [6.45, 7) is 5.43. The lowest BCUT2D eigenvalue weighted by Gasteiger charge is -2.25. The van der Waals surface area contributed by atoms with E-state index in [4.69, 9.17) is 53.8 Å². The highest BCUT2D eigenvalue weighted by Gasteiger charge is 2.34. The largest absolute Gasteiger partial charge is 0.490 e. The maximum atomic E-state index is 14.2. The van der Waals surface area contributed by atoms with Gasteiger partial charge >= 0.3 is 11.9 Å². The van der Waals surface area contributed by atoms with E-state index in [0.29, 0.717) is 57.2 Å². The van der Waals surface area contributed by atoms with Crippen LogP contribution in [0, 0.1) is 0 Å². The topological polar surface area (TPSA) is 115 Å². The average Bonchev–Trinajstić information content (AvgIpc) is 3.37. The number of hydrogen-bond donors (Lipinski definition) is 0. The van der Waals surface area contributed by atoms with Crippen molar-refractivity contribution in [2.75, 3.05) is 26.9 Å². The van der Waals surface area contributed by atoms with Gasteiger partial charge in [0.15, 0.2) is 28.7 Å². The Hall–Kier alpha value is -3.81. The van der Waals surface area contributed by atoms with Crippen LogP contribution in [-0.2, 0) is 25.7 Å². The van der Waals surface area contributed by atoms with Crippen LogP contribution < -0.4 is 29.1 Å². The van der Waals surface area contributed by atoms with Gasteiger partial charge < -0.3 is 23.7 Å². The van der Waals surface area contributed by atoms with Gasteiger partial charge in [0.1, 0.15) is 6.61 Å². The molecule has 50 heavy (non-hydrogen) atoms. The van der Waals surface area contributed by atoms with Crippen molar-refractivity contribution >= 4 is 80.1 Å². The summed E-state index contributed by atoms with van der Waals surface area (Å²) in [6, 6.07) is 12.6. The maximum Gasteiger partial charge on any atom is 0.343 e. The Morgan fingerprint density at radius 2 is 1.76 bits per heavy atom. The van der Waals surface area contributed by atoms with E-state index in [0.717, 1.165) is 16.9 Å². The minimum absolute atomic E-state index is 0.124. The number of thiazole rings is 1. The van der Waals surface area contributed by atoms with Gasteiger partial charge in [-0.05, 0) is 90.3 Å². The third kappa shape index (κ3) is 8.21. The van der Waals surface area contributed by atoms with Gasteiger partial charge in [-0.25, -0.2) is 14.6 Å². The number of carbonyl (C=O) groups is 2. The van der Waals surface area contributed by atoms with Crippen LogP contribution in [0.1, 0.15) is 43.5 Å². The van der Waals surface area contributed by atoms with E-state index in [1.165, 1.54) is 11.7 Å². The molecular formula is C35H30BrCl3N2O8S. The molecule has 0 N–H and O–H groups in total. The van der Waals surface area contributed by atoms with E-state index < -0.39 is 18.0 Å². The standard InChI is InChI=1S/C35H30BrCl3N2O8S/c1-5-46-27-14-20(8-10-26(27)48-17-29(42)45-4)31-30(34(44)47-6-2)18(3)40-35-41(31)33(43)28(50-35)13-19-11-23(36)32(25(39)12-19)49-16-21-7-9-22(37)15-24(21)38/h7-15,31H,5-6,16-17H2,1-4H3/b28-13-/t31-/m0/s1. The first-order valence-corrected chi connectivity index (χ1v) is 17.9. The summed E-state index contributed by atoms with van der Waals surface area (Å²) in [5.41, 5.74) is 2.10. The van der Waals surface area contributed by atoms with Gasteiger partial charge in [0.25, 0.3) is 5.56 Å². The molecule has 0 fully saturated rings. The highest BCUT2D eigenvalue weighted by molar-refractivity contribution is 9.10. The number of rotatable bonds is 12. The van der Waals surface area contributed by atoms with Gasteiger partial charge in [0.05, 0.1) is 51.7 Å². The van der Waals surface area contributed by atoms with Crippen molar-refractivity contribution < 1.29 is 33.3 Å². The van der Waals surface area contributed by atoms with Crippen molar-refractivity contribution in [3.8, 4) is 17.2 Å². The highest BCUT2D eigenvalue weighted by Crippen LogP contribution is 2.38. The van der Waals surface area contributed by atoms with Gasteiger partial charge in [-0.2, -0.15) is 0 Å². The molecule has 3 aromatic carbocycles. The normalized spacial score (nSPS) is 14.2. The Bertz CT molecular complexity index is 2160. The lowest BCUT2D eigenvalue weighted by atomic mass is 9.95. The molecule has 1 aliphatic heterocycles. The summed E-state index contributed by atoms with van der Waals surface area (Å²) in [7, 11) is 1.26. The monoisotopic (exact) mass is 822 g/mol. The molecule has 0 unspecified atom stereocenters. The third-order valence-electron chi connectivity index (χ3n) is 7.38. The minimum Gasteiger partial charge on any atom is -0.490 e. The molecule has 0 aliphatic carbocycles. The van der Waals surface area contributed by atoms with Crippen LogP contribution in [0.2, 0.25) is 15.1 Å². The third-order valence-corrected chi connectivity index (χ3v) is 9.82. The van der Waals surface area contributed by atoms with Crippen LogP contribution in [0.4, 0.5) is 0 Å². The van der Waals surface area contributed by atoms with Crippen molar-refractivity contribution in [1.29, 1.82) is 0 Å². The first-order chi connectivity index (χ1) is 23.9. The second kappa shape index (κ2) is 16.5. The summed E-state index contributed by atoms with van der Waals surface area (Å²) in [6.07, 6.45) is 1.69. The molecule has 262 valence electrons. The Kier molecular flexibility index (Phi) is 12.3. The number of methoxy groups -OCH3 is 1. The number of carbonyl (C=O) groups excluding carboxylic acids is 2. The number of hydrogen-bond acceptors (Lipinski definition) is 10. The second-order valence-electron chi connectivity index (χ2n) is 10.6. The molecule has 0 saturated heterocycles. The molecule has 0 radical (unpaired) electrons. The fraction of sp³-hybridized carbons (Fsp3) is 0.257. The number of aromatic nitrogens is 1. The lowest BCUT2D eigenvalue weighted by Crippen LogP contribution is -2.40. The van der Waals surface area contributed by atoms with Gasteiger partial charge in [-0.1, -0.05) is 58.3 Å².